The van der Waals surface area contributed by atoms with Gasteiger partial charge in [0.1, 0.15) is 5.76 Å². The smallest absolute Gasteiger partial charge is 0.494 e. The molecular weight excluding hydrogens is 276 g/mol. The number of alkyl halides is 3. The summed E-state index contributed by atoms with van der Waals surface area (Å²) >= 11 is 0. The lowest BCUT2D eigenvalue weighted by atomic mass is 9.98. The van der Waals surface area contributed by atoms with Crippen LogP contribution in [0.25, 0.3) is 5.57 Å². The van der Waals surface area contributed by atoms with Crippen molar-refractivity contribution in [3.8, 4) is 5.75 Å². The number of allylic oxidation sites excluding steroid dienone is 4. The van der Waals surface area contributed by atoms with Crippen molar-refractivity contribution in [1.82, 2.24) is 0 Å². The Morgan fingerprint density at radius 1 is 1.20 bits per heavy atom. The lowest BCUT2D eigenvalue weighted by Crippen LogP contribution is -2.13. The van der Waals surface area contributed by atoms with Crippen LogP contribution in [0.3, 0.4) is 0 Å². The number of rotatable bonds is 3. The highest BCUT2D eigenvalue weighted by Gasteiger charge is 2.32. The molecule has 0 aliphatic heterocycles. The van der Waals surface area contributed by atoms with Gasteiger partial charge in [0.15, 0.2) is 11.6 Å². The van der Waals surface area contributed by atoms with E-state index in [2.05, 4.69) is 4.74 Å². The molecule has 0 unspecified atom stereocenters. The van der Waals surface area contributed by atoms with Crippen LogP contribution < -0.4 is 4.74 Å². The predicted octanol–water partition coefficient (Wildman–Crippen LogP) is 4.43. The second-order valence-electron chi connectivity index (χ2n) is 4.21. The van der Waals surface area contributed by atoms with Gasteiger partial charge in [-0.2, -0.15) is 0 Å². The molecule has 1 aliphatic rings. The van der Waals surface area contributed by atoms with E-state index in [1.807, 2.05) is 0 Å². The van der Waals surface area contributed by atoms with E-state index in [0.29, 0.717) is 17.6 Å². The molecule has 0 radical (unpaired) electrons. The van der Waals surface area contributed by atoms with Gasteiger partial charge in [-0.25, -0.2) is 4.39 Å². The maximum absolute atomic E-state index is 13.6. The van der Waals surface area contributed by atoms with E-state index in [0.717, 1.165) is 0 Å². The second-order valence-corrected chi connectivity index (χ2v) is 4.21. The van der Waals surface area contributed by atoms with Gasteiger partial charge in [-0.1, -0.05) is 12.1 Å². The van der Waals surface area contributed by atoms with Crippen molar-refractivity contribution in [1.29, 1.82) is 0 Å². The first kappa shape index (κ1) is 14.4. The lowest BCUT2D eigenvalue weighted by molar-refractivity contribution is -0.306. The average molecular weight is 288 g/mol. The molecule has 0 bridgehead atoms. The number of halogens is 4. The topological polar surface area (TPSA) is 18.5 Å². The van der Waals surface area contributed by atoms with Gasteiger partial charge in [-0.3, -0.25) is 0 Å². The fourth-order valence-electron chi connectivity index (χ4n) is 1.95. The van der Waals surface area contributed by atoms with Crippen LogP contribution in [0.15, 0.2) is 36.1 Å². The summed E-state index contributed by atoms with van der Waals surface area (Å²) in [7, 11) is 1.34. The monoisotopic (exact) mass is 288 g/mol. The first-order valence-electron chi connectivity index (χ1n) is 5.89. The highest BCUT2D eigenvalue weighted by atomic mass is 19.4. The molecule has 0 saturated carbocycles. The van der Waals surface area contributed by atoms with E-state index >= 15 is 0 Å². The quantitative estimate of drug-likeness (QED) is 0.766. The van der Waals surface area contributed by atoms with E-state index in [9.17, 15) is 17.6 Å². The largest absolute Gasteiger partial charge is 0.572 e. The Bertz CT molecular complexity index is 559. The number of ether oxygens (including phenoxy) is 2. The zero-order valence-corrected chi connectivity index (χ0v) is 10.6. The van der Waals surface area contributed by atoms with Crippen LogP contribution >= 0.6 is 0 Å². The summed E-state index contributed by atoms with van der Waals surface area (Å²) in [5.41, 5.74) is 0.975. The molecule has 1 aromatic rings. The molecule has 0 aromatic heterocycles. The van der Waals surface area contributed by atoms with Gasteiger partial charge in [0.2, 0.25) is 0 Å². The van der Waals surface area contributed by atoms with Crippen LogP contribution in [-0.2, 0) is 4.74 Å². The molecule has 108 valence electrons. The molecule has 0 amide bonds. The maximum Gasteiger partial charge on any atom is 0.572 e. The van der Waals surface area contributed by atoms with Crippen molar-refractivity contribution in [2.75, 3.05) is 7.11 Å². The summed E-state index contributed by atoms with van der Waals surface area (Å²) in [5.74, 6) is -0.657. The molecule has 0 spiro atoms. The zero-order chi connectivity index (χ0) is 14.8. The van der Waals surface area contributed by atoms with Gasteiger partial charge in [0.05, 0.1) is 7.11 Å². The van der Waals surface area contributed by atoms with Gasteiger partial charge in [0, 0.05) is 6.42 Å². The number of benzene rings is 1. The SMILES string of the molecule is COc1ccc(C2=CCCC(OC(F)(F)F)=C2)cc1F. The summed E-state index contributed by atoms with van der Waals surface area (Å²) in [4.78, 5) is 0. The first-order valence-corrected chi connectivity index (χ1v) is 5.89. The van der Waals surface area contributed by atoms with E-state index in [-0.39, 0.29) is 17.9 Å². The Labute approximate surface area is 113 Å². The molecule has 0 N–H and O–H groups in total. The maximum atomic E-state index is 13.6. The highest BCUT2D eigenvalue weighted by Crippen LogP contribution is 2.31. The molecule has 6 heteroatoms. The summed E-state index contributed by atoms with van der Waals surface area (Å²) < 4.78 is 58.8. The molecular formula is C14H12F4O2. The van der Waals surface area contributed by atoms with Crippen LogP contribution in [-0.4, -0.2) is 13.5 Å². The zero-order valence-electron chi connectivity index (χ0n) is 10.6. The third-order valence-electron chi connectivity index (χ3n) is 2.80. The Balaban J connectivity index is 2.24. The molecule has 1 aromatic carbocycles. The minimum atomic E-state index is -4.71. The molecule has 0 atom stereocenters. The second kappa shape index (κ2) is 5.56. The Morgan fingerprint density at radius 3 is 2.55 bits per heavy atom. The molecule has 20 heavy (non-hydrogen) atoms. The minimum absolute atomic E-state index is 0.0842. The number of hydrogen-bond acceptors (Lipinski definition) is 2. The molecule has 2 rings (SSSR count). The van der Waals surface area contributed by atoms with Gasteiger partial charge >= 0.3 is 6.36 Å². The van der Waals surface area contributed by atoms with Crippen LogP contribution in [0.2, 0.25) is 0 Å². The summed E-state index contributed by atoms with van der Waals surface area (Å²) in [5, 5.41) is 0. The normalized spacial score (nSPS) is 15.4. The van der Waals surface area contributed by atoms with Crippen LogP contribution in [0.1, 0.15) is 18.4 Å². The van der Waals surface area contributed by atoms with Crippen molar-refractivity contribution >= 4 is 5.57 Å². The van der Waals surface area contributed by atoms with E-state index in [1.54, 1.807) is 12.1 Å². The third-order valence-corrected chi connectivity index (χ3v) is 2.80. The van der Waals surface area contributed by atoms with Gasteiger partial charge < -0.3 is 9.47 Å². The Hall–Kier alpha value is -1.98. The van der Waals surface area contributed by atoms with Gasteiger partial charge in [-0.05, 0) is 35.8 Å². The summed E-state index contributed by atoms with van der Waals surface area (Å²) in [6.45, 7) is 0. The molecule has 2 nitrogen and oxygen atoms in total. The highest BCUT2D eigenvalue weighted by molar-refractivity contribution is 5.75. The van der Waals surface area contributed by atoms with Crippen LogP contribution in [0.4, 0.5) is 17.6 Å². The Morgan fingerprint density at radius 2 is 1.95 bits per heavy atom. The van der Waals surface area contributed by atoms with Crippen molar-refractivity contribution in [3.63, 3.8) is 0 Å². The van der Waals surface area contributed by atoms with Crippen LogP contribution in [0.5, 0.6) is 5.75 Å². The predicted molar refractivity (Wildman–Crippen MR) is 65.4 cm³/mol. The standard InChI is InChI=1S/C14H12F4O2/c1-19-13-6-5-10(8-12(13)15)9-3-2-4-11(7-9)20-14(16,17)18/h3,5-8H,2,4H2,1H3. The lowest BCUT2D eigenvalue weighted by Gasteiger charge is -2.17. The molecule has 0 heterocycles. The van der Waals surface area contributed by atoms with E-state index in [4.69, 9.17) is 4.74 Å². The molecule has 0 saturated heterocycles. The van der Waals surface area contributed by atoms with Gasteiger partial charge in [0.25, 0.3) is 0 Å². The molecule has 1 aliphatic carbocycles. The van der Waals surface area contributed by atoms with E-state index in [1.165, 1.54) is 25.3 Å². The Kier molecular flexibility index (Phi) is 4.01. The third kappa shape index (κ3) is 3.53. The van der Waals surface area contributed by atoms with E-state index < -0.39 is 12.2 Å². The average Bonchev–Trinajstić information content (AvgIpc) is 2.37. The summed E-state index contributed by atoms with van der Waals surface area (Å²) in [6, 6.07) is 4.23. The number of methoxy groups -OCH3 is 1. The van der Waals surface area contributed by atoms with Crippen LogP contribution in [0, 0.1) is 5.82 Å². The van der Waals surface area contributed by atoms with Crippen molar-refractivity contribution < 1.29 is 27.0 Å². The van der Waals surface area contributed by atoms with Gasteiger partial charge in [-0.15, -0.1) is 13.2 Å². The molecule has 0 fully saturated rings. The van der Waals surface area contributed by atoms with Crippen molar-refractivity contribution in [2.45, 2.75) is 19.2 Å². The van der Waals surface area contributed by atoms with Crippen molar-refractivity contribution in [3.05, 3.63) is 47.5 Å². The first-order chi connectivity index (χ1) is 9.39. The fourth-order valence-corrected chi connectivity index (χ4v) is 1.95. The summed E-state index contributed by atoms with van der Waals surface area (Å²) in [6.07, 6.45) is -1.12. The minimum Gasteiger partial charge on any atom is -0.494 e. The number of hydrogen-bond donors (Lipinski definition) is 0. The fraction of sp³-hybridized carbons (Fsp3) is 0.286. The van der Waals surface area contributed by atoms with Crippen molar-refractivity contribution in [2.24, 2.45) is 0 Å².